The molecule has 1 N–H and O–H groups in total. The topological polar surface area (TPSA) is 96.0 Å². The molecule has 0 bridgehead atoms. The summed E-state index contributed by atoms with van der Waals surface area (Å²) in [6.07, 6.45) is 0.709. The fourth-order valence-electron chi connectivity index (χ4n) is 3.88. The van der Waals surface area contributed by atoms with Crippen LogP contribution in [0.5, 0.6) is 5.75 Å². The van der Waals surface area contributed by atoms with Gasteiger partial charge in [-0.25, -0.2) is 8.42 Å². The fourth-order valence-corrected chi connectivity index (χ4v) is 5.62. The van der Waals surface area contributed by atoms with Crippen LogP contribution in [-0.4, -0.2) is 50.9 Å². The number of hydrogen-bond acceptors (Lipinski definition) is 5. The predicted octanol–water partition coefficient (Wildman–Crippen LogP) is 5.53. The highest BCUT2D eigenvalue weighted by Gasteiger charge is 2.32. The molecular formula is C29H33Cl2N3O5S. The summed E-state index contributed by atoms with van der Waals surface area (Å²) in [7, 11) is -2.69. The number of para-hydroxylation sites is 1. The summed E-state index contributed by atoms with van der Waals surface area (Å²) < 4.78 is 33.8. The maximum absolute atomic E-state index is 13.9. The molecule has 8 nitrogen and oxygen atoms in total. The summed E-state index contributed by atoms with van der Waals surface area (Å²) in [5.74, 6) is -0.430. The Morgan fingerprint density at radius 2 is 1.60 bits per heavy atom. The number of ether oxygens (including phenoxy) is 1. The second-order valence-electron chi connectivity index (χ2n) is 9.29. The lowest BCUT2D eigenvalue weighted by Crippen LogP contribution is -2.52. The van der Waals surface area contributed by atoms with Crippen molar-refractivity contribution in [1.29, 1.82) is 0 Å². The molecule has 0 aliphatic carbocycles. The molecule has 0 aromatic heterocycles. The minimum Gasteiger partial charge on any atom is -0.497 e. The number of hydrogen-bond donors (Lipinski definition) is 1. The monoisotopic (exact) mass is 605 g/mol. The highest BCUT2D eigenvalue weighted by molar-refractivity contribution is 7.92. The molecule has 3 rings (SSSR count). The smallest absolute Gasteiger partial charge is 0.264 e. The average Bonchev–Trinajstić information content (AvgIpc) is 2.96. The third-order valence-corrected chi connectivity index (χ3v) is 9.00. The Labute approximate surface area is 245 Å². The van der Waals surface area contributed by atoms with Crippen LogP contribution in [0.15, 0.2) is 77.7 Å². The van der Waals surface area contributed by atoms with Gasteiger partial charge in [-0.3, -0.25) is 13.9 Å². The quantitative estimate of drug-likeness (QED) is 0.293. The van der Waals surface area contributed by atoms with Crippen LogP contribution in [0.3, 0.4) is 0 Å². The number of carbonyl (C=O) groups is 2. The summed E-state index contributed by atoms with van der Waals surface area (Å²) in [6.45, 7) is 4.89. The van der Waals surface area contributed by atoms with Crippen LogP contribution in [0.4, 0.5) is 5.69 Å². The molecule has 214 valence electrons. The van der Waals surface area contributed by atoms with Crippen LogP contribution in [-0.2, 0) is 26.2 Å². The zero-order chi connectivity index (χ0) is 29.4. The van der Waals surface area contributed by atoms with Gasteiger partial charge in [0.25, 0.3) is 10.0 Å². The minimum absolute atomic E-state index is 0.00995. The molecule has 2 atom stereocenters. The van der Waals surface area contributed by atoms with E-state index in [4.69, 9.17) is 27.9 Å². The molecule has 0 aliphatic heterocycles. The molecule has 0 heterocycles. The Hall–Kier alpha value is -3.27. The van der Waals surface area contributed by atoms with Crippen molar-refractivity contribution in [2.75, 3.05) is 18.0 Å². The summed E-state index contributed by atoms with van der Waals surface area (Å²) in [6, 6.07) is 18.2. The van der Waals surface area contributed by atoms with Crippen molar-refractivity contribution in [3.63, 3.8) is 0 Å². The molecule has 40 heavy (non-hydrogen) atoms. The Kier molecular flexibility index (Phi) is 10.8. The van der Waals surface area contributed by atoms with Crippen molar-refractivity contribution in [2.45, 2.75) is 50.7 Å². The first-order valence-electron chi connectivity index (χ1n) is 12.7. The molecular weight excluding hydrogens is 573 g/mol. The Morgan fingerprint density at radius 3 is 2.17 bits per heavy atom. The second-order valence-corrected chi connectivity index (χ2v) is 12.0. The number of halogens is 2. The van der Waals surface area contributed by atoms with E-state index in [0.717, 1.165) is 4.31 Å². The first-order valence-corrected chi connectivity index (χ1v) is 14.9. The highest BCUT2D eigenvalue weighted by atomic mass is 35.5. The number of carbonyl (C=O) groups excluding carboxylic acids is 2. The van der Waals surface area contributed by atoms with Crippen molar-refractivity contribution in [2.24, 2.45) is 0 Å². The van der Waals surface area contributed by atoms with E-state index >= 15 is 0 Å². The molecule has 0 saturated heterocycles. The van der Waals surface area contributed by atoms with Gasteiger partial charge in [-0.1, -0.05) is 54.4 Å². The molecule has 0 aliphatic rings. The maximum atomic E-state index is 13.9. The van der Waals surface area contributed by atoms with Crippen molar-refractivity contribution in [1.82, 2.24) is 10.2 Å². The van der Waals surface area contributed by atoms with E-state index in [-0.39, 0.29) is 23.4 Å². The van der Waals surface area contributed by atoms with Crippen LogP contribution in [0.25, 0.3) is 0 Å². The number of nitrogens with one attached hydrogen (secondary N) is 1. The molecule has 0 saturated carbocycles. The van der Waals surface area contributed by atoms with Crippen LogP contribution >= 0.6 is 23.2 Å². The number of anilines is 1. The lowest BCUT2D eigenvalue weighted by atomic mass is 10.1. The Balaban J connectivity index is 2.01. The van der Waals surface area contributed by atoms with E-state index in [1.807, 2.05) is 13.8 Å². The first-order chi connectivity index (χ1) is 19.0. The second kappa shape index (κ2) is 13.9. The zero-order valence-electron chi connectivity index (χ0n) is 22.8. The van der Waals surface area contributed by atoms with Crippen LogP contribution in [0, 0.1) is 0 Å². The number of amides is 2. The minimum atomic E-state index is -4.17. The third-order valence-electron chi connectivity index (χ3n) is 6.48. The van der Waals surface area contributed by atoms with Gasteiger partial charge in [-0.05, 0) is 74.4 Å². The van der Waals surface area contributed by atoms with Crippen LogP contribution < -0.4 is 14.4 Å². The normalized spacial score (nSPS) is 12.8. The van der Waals surface area contributed by atoms with E-state index < -0.39 is 28.5 Å². The van der Waals surface area contributed by atoms with Gasteiger partial charge in [0.05, 0.1) is 27.7 Å². The summed E-state index contributed by atoms with van der Waals surface area (Å²) >= 11 is 12.3. The molecule has 0 spiro atoms. The van der Waals surface area contributed by atoms with Gasteiger partial charge in [0.15, 0.2) is 0 Å². The van der Waals surface area contributed by atoms with Crippen LogP contribution in [0.1, 0.15) is 32.8 Å². The van der Waals surface area contributed by atoms with Crippen molar-refractivity contribution >= 4 is 50.7 Å². The number of benzene rings is 3. The summed E-state index contributed by atoms with van der Waals surface area (Å²) in [5.41, 5.74) is 0.938. The predicted molar refractivity (Wildman–Crippen MR) is 158 cm³/mol. The molecule has 3 aromatic rings. The SMILES string of the molecule is CC[C@H](C)NC(=O)[C@H](C)N(Cc1ccc(Cl)c(Cl)c1)C(=O)CN(c1ccccc1)S(=O)(=O)c1ccc(OC)cc1. The van der Waals surface area contributed by atoms with Crippen molar-refractivity contribution in [3.8, 4) is 5.75 Å². The van der Waals surface area contributed by atoms with E-state index in [2.05, 4.69) is 5.32 Å². The summed E-state index contributed by atoms with van der Waals surface area (Å²) in [4.78, 5) is 28.4. The zero-order valence-corrected chi connectivity index (χ0v) is 25.1. The van der Waals surface area contributed by atoms with Gasteiger partial charge >= 0.3 is 0 Å². The van der Waals surface area contributed by atoms with Crippen molar-refractivity contribution in [3.05, 3.63) is 88.4 Å². The first kappa shape index (κ1) is 31.3. The van der Waals surface area contributed by atoms with Crippen LogP contribution in [0.2, 0.25) is 10.0 Å². The number of methoxy groups -OCH3 is 1. The van der Waals surface area contributed by atoms with E-state index in [0.29, 0.717) is 33.5 Å². The molecule has 11 heteroatoms. The Morgan fingerprint density at radius 1 is 0.950 bits per heavy atom. The lowest BCUT2D eigenvalue weighted by molar-refractivity contribution is -0.139. The number of nitrogens with zero attached hydrogens (tertiary/aromatic N) is 2. The van der Waals surface area contributed by atoms with E-state index in [1.54, 1.807) is 55.5 Å². The van der Waals surface area contributed by atoms with Gasteiger partial charge in [0.1, 0.15) is 18.3 Å². The number of rotatable bonds is 12. The summed E-state index contributed by atoms with van der Waals surface area (Å²) in [5, 5.41) is 3.55. The van der Waals surface area contributed by atoms with Gasteiger partial charge in [-0.15, -0.1) is 0 Å². The molecule has 0 radical (unpaired) electrons. The van der Waals surface area contributed by atoms with E-state index in [1.165, 1.54) is 36.3 Å². The molecule has 3 aromatic carbocycles. The average molecular weight is 607 g/mol. The van der Waals surface area contributed by atoms with Crippen molar-refractivity contribution < 1.29 is 22.7 Å². The number of sulfonamides is 1. The van der Waals surface area contributed by atoms with Gasteiger partial charge in [-0.2, -0.15) is 0 Å². The maximum Gasteiger partial charge on any atom is 0.264 e. The molecule has 0 unspecified atom stereocenters. The molecule has 0 fully saturated rings. The van der Waals surface area contributed by atoms with E-state index in [9.17, 15) is 18.0 Å². The highest BCUT2D eigenvalue weighted by Crippen LogP contribution is 2.27. The van der Waals surface area contributed by atoms with Gasteiger partial charge in [0.2, 0.25) is 11.8 Å². The third kappa shape index (κ3) is 7.68. The van der Waals surface area contributed by atoms with Gasteiger partial charge < -0.3 is 15.0 Å². The lowest BCUT2D eigenvalue weighted by Gasteiger charge is -2.32. The molecule has 2 amide bonds. The standard InChI is InChI=1S/C29H33Cl2N3O5S/c1-5-20(2)32-29(36)21(3)33(18-22-11-16-26(30)27(31)17-22)28(35)19-34(23-9-7-6-8-10-23)40(37,38)25-14-12-24(39-4)13-15-25/h6-17,20-21H,5,18-19H2,1-4H3,(H,32,36)/t20-,21-/m0/s1. The van der Waals surface area contributed by atoms with Gasteiger partial charge in [0, 0.05) is 12.6 Å². The largest absolute Gasteiger partial charge is 0.497 e. The fraction of sp³-hybridized carbons (Fsp3) is 0.310. The Bertz CT molecular complexity index is 1420.